The van der Waals surface area contributed by atoms with Gasteiger partial charge in [-0.3, -0.25) is 0 Å². The summed E-state index contributed by atoms with van der Waals surface area (Å²) in [4.78, 5) is 11.1. The highest BCUT2D eigenvalue weighted by Gasteiger charge is 2.19. The first-order chi connectivity index (χ1) is 8.45. The Hall–Kier alpha value is -1.26. The number of halogens is 1. The van der Waals surface area contributed by atoms with Gasteiger partial charge in [0.1, 0.15) is 5.75 Å². The molecule has 0 amide bonds. The van der Waals surface area contributed by atoms with Crippen molar-refractivity contribution >= 4 is 17.6 Å². The molecule has 0 spiro atoms. The molecule has 1 atom stereocenters. The molecular weight excluding hydrogens is 254 g/mol. The van der Waals surface area contributed by atoms with Crippen LogP contribution in [0.3, 0.4) is 0 Å². The molecule has 0 radical (unpaired) electrons. The second-order valence-corrected chi connectivity index (χ2v) is 4.59. The minimum atomic E-state index is -0.962. The first kappa shape index (κ1) is 14.8. The van der Waals surface area contributed by atoms with Gasteiger partial charge in [-0.05, 0) is 50.7 Å². The summed E-state index contributed by atoms with van der Waals surface area (Å²) in [6.45, 7) is 4.32. The molecule has 1 aromatic carbocycles. The Morgan fingerprint density at radius 2 is 2.00 bits per heavy atom. The second kappa shape index (κ2) is 6.61. The number of rotatable bonds is 6. The van der Waals surface area contributed by atoms with Crippen LogP contribution in [0.5, 0.6) is 5.75 Å². The fourth-order valence-corrected chi connectivity index (χ4v) is 1.76. The maximum absolute atomic E-state index is 11.1. The van der Waals surface area contributed by atoms with Crippen LogP contribution in [0.4, 0.5) is 0 Å². The molecule has 0 aliphatic carbocycles. The molecule has 4 nitrogen and oxygen atoms in total. The van der Waals surface area contributed by atoms with Gasteiger partial charge in [0.15, 0.2) is 6.10 Å². The lowest BCUT2D eigenvalue weighted by atomic mass is 10.1. The summed E-state index contributed by atoms with van der Waals surface area (Å²) < 4.78 is 5.50. The Balaban J connectivity index is 2.84. The van der Waals surface area contributed by atoms with Crippen LogP contribution >= 0.6 is 11.6 Å². The van der Waals surface area contributed by atoms with Crippen molar-refractivity contribution in [2.75, 3.05) is 13.6 Å². The minimum Gasteiger partial charge on any atom is -0.479 e. The predicted octanol–water partition coefficient (Wildman–Crippen LogP) is 2.40. The number of hydrogen-bond donors (Lipinski definition) is 2. The molecule has 0 saturated carbocycles. The molecule has 18 heavy (non-hydrogen) atoms. The van der Waals surface area contributed by atoms with Gasteiger partial charge in [0.2, 0.25) is 0 Å². The first-order valence-corrected chi connectivity index (χ1v) is 6.14. The van der Waals surface area contributed by atoms with E-state index in [2.05, 4.69) is 5.32 Å². The van der Waals surface area contributed by atoms with Crippen molar-refractivity contribution in [3.63, 3.8) is 0 Å². The average Bonchev–Trinajstić information content (AvgIpc) is 2.30. The zero-order valence-corrected chi connectivity index (χ0v) is 11.5. The summed E-state index contributed by atoms with van der Waals surface area (Å²) in [5.74, 6) is -0.423. The largest absolute Gasteiger partial charge is 0.479 e. The number of hydrogen-bond acceptors (Lipinski definition) is 3. The molecule has 0 saturated heterocycles. The highest BCUT2D eigenvalue weighted by atomic mass is 35.5. The Labute approximate surface area is 112 Å². The van der Waals surface area contributed by atoms with E-state index in [-0.39, 0.29) is 0 Å². The normalized spacial score (nSPS) is 12.2. The molecule has 1 unspecified atom stereocenters. The van der Waals surface area contributed by atoms with Crippen LogP contribution in [0, 0.1) is 13.8 Å². The number of carbonyl (C=O) groups is 1. The third kappa shape index (κ3) is 3.89. The van der Waals surface area contributed by atoms with Crippen LogP contribution in [0.2, 0.25) is 5.02 Å². The summed E-state index contributed by atoms with van der Waals surface area (Å²) in [7, 11) is 1.77. The van der Waals surface area contributed by atoms with Crippen LogP contribution in [-0.2, 0) is 4.79 Å². The number of aliphatic carboxylic acids is 1. The van der Waals surface area contributed by atoms with E-state index in [4.69, 9.17) is 21.4 Å². The first-order valence-electron chi connectivity index (χ1n) is 5.76. The summed E-state index contributed by atoms with van der Waals surface area (Å²) in [5, 5.41) is 12.7. The SMILES string of the molecule is CNCCC(Oc1cc(C)c(Cl)c(C)c1)C(=O)O. The van der Waals surface area contributed by atoms with Crippen molar-refractivity contribution in [2.24, 2.45) is 0 Å². The van der Waals surface area contributed by atoms with Gasteiger partial charge in [0, 0.05) is 11.4 Å². The zero-order chi connectivity index (χ0) is 13.7. The molecule has 0 aromatic heterocycles. The smallest absolute Gasteiger partial charge is 0.344 e. The second-order valence-electron chi connectivity index (χ2n) is 4.21. The van der Waals surface area contributed by atoms with E-state index in [0.717, 1.165) is 11.1 Å². The van der Waals surface area contributed by atoms with Crippen molar-refractivity contribution in [3.8, 4) is 5.75 Å². The number of nitrogens with one attached hydrogen (secondary N) is 1. The Kier molecular flexibility index (Phi) is 5.44. The molecule has 0 heterocycles. The number of carboxylic acid groups (broad SMARTS) is 1. The van der Waals surface area contributed by atoms with Gasteiger partial charge < -0.3 is 15.2 Å². The van der Waals surface area contributed by atoms with Gasteiger partial charge in [-0.15, -0.1) is 0 Å². The quantitative estimate of drug-likeness (QED) is 0.834. The summed E-state index contributed by atoms with van der Waals surface area (Å²) in [5.41, 5.74) is 1.76. The Morgan fingerprint density at radius 3 is 2.44 bits per heavy atom. The molecule has 0 aliphatic heterocycles. The van der Waals surface area contributed by atoms with E-state index < -0.39 is 12.1 Å². The highest BCUT2D eigenvalue weighted by Crippen LogP contribution is 2.26. The molecule has 2 N–H and O–H groups in total. The molecule has 100 valence electrons. The third-order valence-corrected chi connectivity index (χ3v) is 3.22. The van der Waals surface area contributed by atoms with E-state index in [9.17, 15) is 4.79 Å². The Morgan fingerprint density at radius 1 is 1.44 bits per heavy atom. The van der Waals surface area contributed by atoms with Crippen LogP contribution in [0.25, 0.3) is 0 Å². The monoisotopic (exact) mass is 271 g/mol. The highest BCUT2D eigenvalue weighted by molar-refractivity contribution is 6.32. The van der Waals surface area contributed by atoms with Crippen molar-refractivity contribution < 1.29 is 14.6 Å². The Bertz CT molecular complexity index is 411. The van der Waals surface area contributed by atoms with E-state index in [1.54, 1.807) is 19.2 Å². The summed E-state index contributed by atoms with van der Waals surface area (Å²) >= 11 is 6.05. The summed E-state index contributed by atoms with van der Waals surface area (Å²) in [6.07, 6.45) is -0.440. The standard InChI is InChI=1S/C13H18ClNO3/c1-8-6-10(7-9(2)12(8)14)18-11(13(16)17)4-5-15-3/h6-7,11,15H,4-5H2,1-3H3,(H,16,17). The van der Waals surface area contributed by atoms with Gasteiger partial charge in [0.05, 0.1) is 0 Å². The molecule has 0 aliphatic rings. The molecule has 0 fully saturated rings. The average molecular weight is 272 g/mol. The molecule has 0 bridgehead atoms. The van der Waals surface area contributed by atoms with Crippen LogP contribution in [0.15, 0.2) is 12.1 Å². The lowest BCUT2D eigenvalue weighted by molar-refractivity contribution is -0.145. The molecule has 1 aromatic rings. The third-order valence-electron chi connectivity index (χ3n) is 2.62. The van der Waals surface area contributed by atoms with Crippen LogP contribution in [-0.4, -0.2) is 30.8 Å². The van der Waals surface area contributed by atoms with Crippen LogP contribution in [0.1, 0.15) is 17.5 Å². The minimum absolute atomic E-state index is 0.409. The maximum Gasteiger partial charge on any atom is 0.344 e. The lowest BCUT2D eigenvalue weighted by Crippen LogP contribution is -2.30. The number of aryl methyl sites for hydroxylation is 2. The molecule has 1 rings (SSSR count). The van der Waals surface area contributed by atoms with Gasteiger partial charge in [-0.25, -0.2) is 4.79 Å². The zero-order valence-electron chi connectivity index (χ0n) is 10.8. The maximum atomic E-state index is 11.1. The van der Waals surface area contributed by atoms with Gasteiger partial charge in [-0.1, -0.05) is 11.6 Å². The fraction of sp³-hybridized carbons (Fsp3) is 0.462. The van der Waals surface area contributed by atoms with E-state index in [0.29, 0.717) is 23.7 Å². The van der Waals surface area contributed by atoms with E-state index >= 15 is 0 Å². The van der Waals surface area contributed by atoms with Crippen molar-refractivity contribution in [1.29, 1.82) is 0 Å². The number of carboxylic acids is 1. The fourth-order valence-electron chi connectivity index (χ4n) is 1.65. The van der Waals surface area contributed by atoms with Gasteiger partial charge >= 0.3 is 5.97 Å². The van der Waals surface area contributed by atoms with E-state index in [1.165, 1.54) is 0 Å². The van der Waals surface area contributed by atoms with E-state index in [1.807, 2.05) is 13.8 Å². The van der Waals surface area contributed by atoms with Crippen molar-refractivity contribution in [3.05, 3.63) is 28.3 Å². The van der Waals surface area contributed by atoms with Crippen LogP contribution < -0.4 is 10.1 Å². The van der Waals surface area contributed by atoms with Crippen molar-refractivity contribution in [1.82, 2.24) is 5.32 Å². The lowest BCUT2D eigenvalue weighted by Gasteiger charge is -2.16. The van der Waals surface area contributed by atoms with Gasteiger partial charge in [-0.2, -0.15) is 0 Å². The molecular formula is C13H18ClNO3. The van der Waals surface area contributed by atoms with Crippen molar-refractivity contribution in [2.45, 2.75) is 26.4 Å². The molecule has 5 heteroatoms. The topological polar surface area (TPSA) is 58.6 Å². The summed E-state index contributed by atoms with van der Waals surface area (Å²) in [6, 6.07) is 3.51. The number of ether oxygens (including phenoxy) is 1. The van der Waals surface area contributed by atoms with Gasteiger partial charge in [0.25, 0.3) is 0 Å². The predicted molar refractivity (Wildman–Crippen MR) is 71.5 cm³/mol. The number of benzene rings is 1.